The number of nitrogens with one attached hydrogen (secondary N) is 2. The summed E-state index contributed by atoms with van der Waals surface area (Å²) in [6, 6.07) is 6.94. The van der Waals surface area contributed by atoms with Crippen molar-refractivity contribution in [3.63, 3.8) is 0 Å². The van der Waals surface area contributed by atoms with Crippen LogP contribution in [0.2, 0.25) is 0 Å². The minimum atomic E-state index is -0.832. The van der Waals surface area contributed by atoms with Crippen molar-refractivity contribution in [1.82, 2.24) is 25.3 Å². The normalized spacial score (nSPS) is 22.7. The van der Waals surface area contributed by atoms with Crippen LogP contribution in [-0.2, 0) is 22.7 Å². The molecule has 4 amide bonds. The maximum Gasteiger partial charge on any atom is 0.325 e. The van der Waals surface area contributed by atoms with E-state index in [1.807, 2.05) is 12.1 Å². The molecule has 2 heterocycles. The van der Waals surface area contributed by atoms with Gasteiger partial charge in [-0.1, -0.05) is 37.1 Å². The van der Waals surface area contributed by atoms with Crippen molar-refractivity contribution in [3.8, 4) is 0 Å². The molecule has 2 N–H and O–H groups in total. The number of rotatable bonds is 6. The summed E-state index contributed by atoms with van der Waals surface area (Å²) in [5.74, 6) is -0.574. The van der Waals surface area contributed by atoms with Gasteiger partial charge in [-0.3, -0.25) is 14.5 Å². The van der Waals surface area contributed by atoms with Crippen LogP contribution in [0.4, 0.5) is 4.79 Å². The van der Waals surface area contributed by atoms with E-state index in [2.05, 4.69) is 39.6 Å². The highest BCUT2D eigenvalue weighted by Gasteiger charge is 2.54. The van der Waals surface area contributed by atoms with Gasteiger partial charge >= 0.3 is 6.03 Å². The van der Waals surface area contributed by atoms with Crippen molar-refractivity contribution in [3.05, 3.63) is 35.4 Å². The molecule has 0 aromatic heterocycles. The molecule has 1 aromatic carbocycles. The van der Waals surface area contributed by atoms with Crippen LogP contribution in [0.3, 0.4) is 0 Å². The van der Waals surface area contributed by atoms with Crippen LogP contribution in [0.5, 0.6) is 0 Å². The Balaban J connectivity index is 1.32. The quantitative estimate of drug-likeness (QED) is 0.669. The first-order valence-electron chi connectivity index (χ1n) is 11.3. The average Bonchev–Trinajstić information content (AvgIpc) is 3.32. The molecule has 8 nitrogen and oxygen atoms in total. The summed E-state index contributed by atoms with van der Waals surface area (Å²) in [6.07, 6.45) is 3.15. The number of likely N-dealkylation sites (N-methyl/N-ethyl adjacent to an activating group) is 1. The number of carbonyl (C=O) groups is 3. The number of carbonyl (C=O) groups excluding carboxylic acids is 3. The van der Waals surface area contributed by atoms with E-state index >= 15 is 0 Å². The predicted octanol–water partition coefficient (Wildman–Crippen LogP) is 1.30. The van der Waals surface area contributed by atoms with Gasteiger partial charge in [0.05, 0.1) is 0 Å². The molecule has 1 unspecified atom stereocenters. The summed E-state index contributed by atoms with van der Waals surface area (Å²) < 4.78 is 0. The molecule has 3 aliphatic rings. The van der Waals surface area contributed by atoms with Gasteiger partial charge in [-0.05, 0) is 37.9 Å². The van der Waals surface area contributed by atoms with Crippen LogP contribution in [0, 0.1) is 0 Å². The number of amides is 4. The van der Waals surface area contributed by atoms with Crippen molar-refractivity contribution < 1.29 is 14.4 Å². The molecular weight excluding hydrogens is 394 g/mol. The van der Waals surface area contributed by atoms with Crippen molar-refractivity contribution in [2.75, 3.05) is 33.2 Å². The summed E-state index contributed by atoms with van der Waals surface area (Å²) in [4.78, 5) is 43.9. The van der Waals surface area contributed by atoms with Gasteiger partial charge in [-0.25, -0.2) is 9.69 Å². The van der Waals surface area contributed by atoms with E-state index in [0.717, 1.165) is 56.0 Å². The third-order valence-electron chi connectivity index (χ3n) is 6.88. The molecule has 4 rings (SSSR count). The number of urea groups is 1. The van der Waals surface area contributed by atoms with Crippen LogP contribution in [0.15, 0.2) is 24.3 Å². The fourth-order valence-electron chi connectivity index (χ4n) is 4.87. The van der Waals surface area contributed by atoms with Crippen molar-refractivity contribution in [2.45, 2.75) is 57.3 Å². The van der Waals surface area contributed by atoms with E-state index in [0.29, 0.717) is 19.4 Å². The molecule has 1 spiro atoms. The van der Waals surface area contributed by atoms with E-state index in [9.17, 15) is 14.4 Å². The largest absolute Gasteiger partial charge is 0.350 e. The lowest BCUT2D eigenvalue weighted by Gasteiger charge is -2.32. The minimum Gasteiger partial charge on any atom is -0.350 e. The van der Waals surface area contributed by atoms with Gasteiger partial charge in [0.25, 0.3) is 5.91 Å². The molecule has 8 heteroatoms. The van der Waals surface area contributed by atoms with E-state index < -0.39 is 17.6 Å². The second-order valence-corrected chi connectivity index (χ2v) is 9.19. The van der Waals surface area contributed by atoms with Gasteiger partial charge in [0.2, 0.25) is 5.91 Å². The smallest absolute Gasteiger partial charge is 0.325 e. The molecule has 168 valence electrons. The number of piperazine rings is 1. The van der Waals surface area contributed by atoms with Gasteiger partial charge in [0.15, 0.2) is 0 Å². The SMILES string of the molecule is CC(C(=O)NCc1cccc(CN2CCN(C)CC2)c1)N1C(=O)NC2(CCCC2)C1=O. The summed E-state index contributed by atoms with van der Waals surface area (Å²) in [5, 5.41) is 5.74. The fourth-order valence-corrected chi connectivity index (χ4v) is 4.87. The Labute approximate surface area is 183 Å². The zero-order chi connectivity index (χ0) is 22.0. The van der Waals surface area contributed by atoms with Gasteiger partial charge in [-0.2, -0.15) is 0 Å². The Morgan fingerprint density at radius 3 is 2.52 bits per heavy atom. The third-order valence-corrected chi connectivity index (χ3v) is 6.88. The predicted molar refractivity (Wildman–Crippen MR) is 117 cm³/mol. The second kappa shape index (κ2) is 8.96. The lowest BCUT2D eigenvalue weighted by atomic mass is 9.97. The number of nitrogens with zero attached hydrogens (tertiary/aromatic N) is 3. The zero-order valence-electron chi connectivity index (χ0n) is 18.5. The average molecular weight is 428 g/mol. The summed E-state index contributed by atoms with van der Waals surface area (Å²) >= 11 is 0. The monoisotopic (exact) mass is 427 g/mol. The number of hydrogen-bond acceptors (Lipinski definition) is 5. The molecule has 1 saturated carbocycles. The summed E-state index contributed by atoms with van der Waals surface area (Å²) in [5.41, 5.74) is 1.45. The van der Waals surface area contributed by atoms with Gasteiger partial charge in [-0.15, -0.1) is 0 Å². The van der Waals surface area contributed by atoms with Gasteiger partial charge in [0.1, 0.15) is 11.6 Å². The van der Waals surface area contributed by atoms with Crippen molar-refractivity contribution >= 4 is 17.8 Å². The first-order valence-corrected chi connectivity index (χ1v) is 11.3. The standard InChI is InChI=1S/C23H33N5O3/c1-17(28-21(30)23(25-22(28)31)8-3-4-9-23)20(29)24-15-18-6-5-7-19(14-18)16-27-12-10-26(2)11-13-27/h5-7,14,17H,3-4,8-13,15-16H2,1-2H3,(H,24,29)(H,25,31). The Bertz CT molecular complexity index is 843. The van der Waals surface area contributed by atoms with Crippen LogP contribution in [0.25, 0.3) is 0 Å². The second-order valence-electron chi connectivity index (χ2n) is 9.19. The highest BCUT2D eigenvalue weighted by atomic mass is 16.2. The van der Waals surface area contributed by atoms with Gasteiger partial charge in [0, 0.05) is 39.3 Å². The van der Waals surface area contributed by atoms with Gasteiger partial charge < -0.3 is 15.5 Å². The Morgan fingerprint density at radius 2 is 1.81 bits per heavy atom. The lowest BCUT2D eigenvalue weighted by Crippen LogP contribution is -2.49. The molecule has 31 heavy (non-hydrogen) atoms. The summed E-state index contributed by atoms with van der Waals surface area (Å²) in [7, 11) is 2.15. The Kier molecular flexibility index (Phi) is 6.29. The van der Waals surface area contributed by atoms with E-state index in [4.69, 9.17) is 0 Å². The summed E-state index contributed by atoms with van der Waals surface area (Å²) in [6.45, 7) is 7.16. The van der Waals surface area contributed by atoms with Crippen LogP contribution < -0.4 is 10.6 Å². The number of hydrogen-bond donors (Lipinski definition) is 2. The highest BCUT2D eigenvalue weighted by molar-refractivity contribution is 6.09. The topological polar surface area (TPSA) is 85.0 Å². The van der Waals surface area contributed by atoms with Crippen LogP contribution in [0.1, 0.15) is 43.7 Å². The zero-order valence-corrected chi connectivity index (χ0v) is 18.5. The van der Waals surface area contributed by atoms with Crippen molar-refractivity contribution in [1.29, 1.82) is 0 Å². The molecule has 2 aliphatic heterocycles. The fraction of sp³-hybridized carbons (Fsp3) is 0.609. The maximum atomic E-state index is 12.9. The molecule has 1 atom stereocenters. The molecule has 3 fully saturated rings. The molecule has 1 aliphatic carbocycles. The minimum absolute atomic E-state index is 0.258. The Morgan fingerprint density at radius 1 is 1.13 bits per heavy atom. The molecule has 1 aromatic rings. The maximum absolute atomic E-state index is 12.9. The first-order chi connectivity index (χ1) is 14.9. The molecule has 2 saturated heterocycles. The molecular formula is C23H33N5O3. The number of benzene rings is 1. The van der Waals surface area contributed by atoms with Crippen molar-refractivity contribution in [2.24, 2.45) is 0 Å². The van der Waals surface area contributed by atoms with Crippen LogP contribution in [-0.4, -0.2) is 77.4 Å². The molecule has 0 radical (unpaired) electrons. The van der Waals surface area contributed by atoms with E-state index in [-0.39, 0.29) is 11.8 Å². The first kappa shape index (κ1) is 21.8. The highest BCUT2D eigenvalue weighted by Crippen LogP contribution is 2.35. The van der Waals surface area contributed by atoms with E-state index in [1.54, 1.807) is 6.92 Å². The Hall–Kier alpha value is -2.45. The van der Waals surface area contributed by atoms with E-state index in [1.165, 1.54) is 5.56 Å². The number of imide groups is 1. The third kappa shape index (κ3) is 4.60. The molecule has 0 bridgehead atoms. The lowest BCUT2D eigenvalue weighted by molar-refractivity contribution is -0.137. The van der Waals surface area contributed by atoms with Crippen LogP contribution >= 0.6 is 0 Å².